The Morgan fingerprint density at radius 2 is 1.88 bits per heavy atom. The Labute approximate surface area is 108 Å². The number of aryl methyl sites for hydroxylation is 1. The van der Waals surface area contributed by atoms with Gasteiger partial charge in [-0.1, -0.05) is 6.92 Å². The Morgan fingerprint density at radius 3 is 2.47 bits per heavy atom. The van der Waals surface area contributed by atoms with Gasteiger partial charge in [0.05, 0.1) is 0 Å². The molecule has 0 fully saturated rings. The normalized spacial score (nSPS) is 12.3. The highest BCUT2D eigenvalue weighted by molar-refractivity contribution is 7.99. The first-order chi connectivity index (χ1) is 8.08. The summed E-state index contributed by atoms with van der Waals surface area (Å²) in [5.74, 6) is 4.86. The maximum Gasteiger partial charge on any atom is 0.134 e. The van der Waals surface area contributed by atoms with Gasteiger partial charge in [-0.2, -0.15) is 11.8 Å². The van der Waals surface area contributed by atoms with E-state index in [1.54, 1.807) is 0 Å². The summed E-state index contributed by atoms with van der Waals surface area (Å²) >= 11 is 1.93. The largest absolute Gasteiger partial charge is 0.373 e. The second-order valence-corrected chi connectivity index (χ2v) is 5.37. The van der Waals surface area contributed by atoms with Crippen LogP contribution in [0.1, 0.15) is 25.2 Å². The van der Waals surface area contributed by atoms with E-state index in [4.69, 9.17) is 0 Å². The van der Waals surface area contributed by atoms with Crippen LogP contribution in [0.3, 0.4) is 0 Å². The van der Waals surface area contributed by atoms with Crippen molar-refractivity contribution in [2.24, 2.45) is 0 Å². The highest BCUT2D eigenvalue weighted by Gasteiger charge is 2.10. The lowest BCUT2D eigenvalue weighted by molar-refractivity contribution is 0.887. The van der Waals surface area contributed by atoms with Gasteiger partial charge in [0, 0.05) is 24.4 Å². The molecular formula is C12H22N4S. The molecule has 0 spiro atoms. The van der Waals surface area contributed by atoms with Crippen LogP contribution in [0.5, 0.6) is 0 Å². The van der Waals surface area contributed by atoms with Crippen molar-refractivity contribution in [3.8, 4) is 0 Å². The van der Waals surface area contributed by atoms with E-state index in [1.165, 1.54) is 0 Å². The monoisotopic (exact) mass is 254 g/mol. The fourth-order valence-corrected chi connectivity index (χ4v) is 2.25. The third kappa shape index (κ3) is 4.07. The third-order valence-electron chi connectivity index (χ3n) is 2.45. The Hall–Kier alpha value is -0.970. The molecule has 4 nitrogen and oxygen atoms in total. The van der Waals surface area contributed by atoms with Crippen molar-refractivity contribution in [3.05, 3.63) is 11.4 Å². The Morgan fingerprint density at radius 1 is 1.24 bits per heavy atom. The van der Waals surface area contributed by atoms with Gasteiger partial charge in [0.25, 0.3) is 0 Å². The van der Waals surface area contributed by atoms with Gasteiger partial charge in [0.2, 0.25) is 0 Å². The number of nitrogens with zero attached hydrogens (tertiary/aromatic N) is 2. The molecule has 5 heteroatoms. The van der Waals surface area contributed by atoms with Crippen molar-refractivity contribution in [2.45, 2.75) is 33.7 Å². The van der Waals surface area contributed by atoms with Crippen LogP contribution in [0, 0.1) is 13.8 Å². The van der Waals surface area contributed by atoms with Gasteiger partial charge < -0.3 is 10.6 Å². The molecule has 0 aliphatic rings. The maximum atomic E-state index is 4.46. The van der Waals surface area contributed by atoms with E-state index in [-0.39, 0.29) is 0 Å². The average Bonchev–Trinajstić information content (AvgIpc) is 2.30. The molecule has 1 rings (SSSR count). The highest BCUT2D eigenvalue weighted by atomic mass is 32.2. The van der Waals surface area contributed by atoms with Crippen LogP contribution in [0.15, 0.2) is 0 Å². The Bertz CT molecular complexity index is 368. The number of hydrogen-bond donors (Lipinski definition) is 2. The molecule has 1 unspecified atom stereocenters. The Balaban J connectivity index is 2.79. The molecule has 96 valence electrons. The molecule has 0 bridgehead atoms. The minimum atomic E-state index is 0.414. The third-order valence-corrected chi connectivity index (χ3v) is 3.59. The smallest absolute Gasteiger partial charge is 0.134 e. The first-order valence-electron chi connectivity index (χ1n) is 5.95. The lowest BCUT2D eigenvalue weighted by Crippen LogP contribution is -2.20. The van der Waals surface area contributed by atoms with Gasteiger partial charge >= 0.3 is 0 Å². The lowest BCUT2D eigenvalue weighted by Gasteiger charge is -2.17. The van der Waals surface area contributed by atoms with Crippen molar-refractivity contribution >= 4 is 23.4 Å². The van der Waals surface area contributed by atoms with Gasteiger partial charge in [-0.15, -0.1) is 0 Å². The minimum absolute atomic E-state index is 0.414. The first kappa shape index (κ1) is 14.1. The molecular weight excluding hydrogens is 232 g/mol. The molecule has 0 amide bonds. The summed E-state index contributed by atoms with van der Waals surface area (Å²) in [4.78, 5) is 8.81. The van der Waals surface area contributed by atoms with E-state index >= 15 is 0 Å². The van der Waals surface area contributed by atoms with Gasteiger partial charge in [-0.05, 0) is 26.5 Å². The van der Waals surface area contributed by atoms with Crippen LogP contribution < -0.4 is 10.6 Å². The zero-order valence-corrected chi connectivity index (χ0v) is 12.1. The predicted octanol–water partition coefficient (Wildman–Crippen LogP) is 2.69. The fraction of sp³-hybridized carbons (Fsp3) is 0.667. The van der Waals surface area contributed by atoms with Crippen molar-refractivity contribution in [1.29, 1.82) is 0 Å². The summed E-state index contributed by atoms with van der Waals surface area (Å²) in [6.45, 7) is 8.30. The summed E-state index contributed by atoms with van der Waals surface area (Å²) < 4.78 is 0. The van der Waals surface area contributed by atoms with Crippen molar-refractivity contribution < 1.29 is 0 Å². The molecule has 17 heavy (non-hydrogen) atoms. The molecule has 0 aliphatic carbocycles. The standard InChI is InChI=1S/C12H22N4S/c1-6-17-7-8(2)14-12-9(3)11(13-5)15-10(4)16-12/h8H,6-7H2,1-5H3,(H2,13,14,15,16). The maximum absolute atomic E-state index is 4.46. The van der Waals surface area contributed by atoms with Gasteiger partial charge in [0.15, 0.2) is 0 Å². The van der Waals surface area contributed by atoms with Crippen LogP contribution in [-0.4, -0.2) is 34.6 Å². The molecule has 0 aliphatic heterocycles. The minimum Gasteiger partial charge on any atom is -0.373 e. The highest BCUT2D eigenvalue weighted by Crippen LogP contribution is 2.20. The fourth-order valence-electron chi connectivity index (χ4n) is 1.58. The number of rotatable bonds is 6. The van der Waals surface area contributed by atoms with Crippen LogP contribution in [0.25, 0.3) is 0 Å². The Kier molecular flexibility index (Phi) is 5.55. The quantitative estimate of drug-likeness (QED) is 0.817. The van der Waals surface area contributed by atoms with Crippen LogP contribution in [-0.2, 0) is 0 Å². The van der Waals surface area contributed by atoms with E-state index in [1.807, 2.05) is 32.7 Å². The summed E-state index contributed by atoms with van der Waals surface area (Å²) in [6, 6.07) is 0.414. The number of nitrogens with one attached hydrogen (secondary N) is 2. The summed E-state index contributed by atoms with van der Waals surface area (Å²) in [5.41, 5.74) is 1.08. The van der Waals surface area contributed by atoms with E-state index in [9.17, 15) is 0 Å². The number of hydrogen-bond acceptors (Lipinski definition) is 5. The van der Waals surface area contributed by atoms with Gasteiger partial charge in [-0.3, -0.25) is 0 Å². The number of anilines is 2. The molecule has 2 N–H and O–H groups in total. The molecule has 0 saturated heterocycles. The van der Waals surface area contributed by atoms with Crippen LogP contribution >= 0.6 is 11.8 Å². The zero-order chi connectivity index (χ0) is 12.8. The number of thioether (sulfide) groups is 1. The topological polar surface area (TPSA) is 49.8 Å². The molecule has 1 heterocycles. The zero-order valence-electron chi connectivity index (χ0n) is 11.3. The second-order valence-electron chi connectivity index (χ2n) is 4.05. The van der Waals surface area contributed by atoms with Crippen molar-refractivity contribution in [3.63, 3.8) is 0 Å². The summed E-state index contributed by atoms with van der Waals surface area (Å²) in [6.07, 6.45) is 0. The first-order valence-corrected chi connectivity index (χ1v) is 7.11. The van der Waals surface area contributed by atoms with E-state index in [0.29, 0.717) is 6.04 Å². The predicted molar refractivity (Wildman–Crippen MR) is 77.1 cm³/mol. The molecule has 1 atom stereocenters. The molecule has 0 aromatic carbocycles. The van der Waals surface area contributed by atoms with Crippen molar-refractivity contribution in [1.82, 2.24) is 9.97 Å². The average molecular weight is 254 g/mol. The van der Waals surface area contributed by atoms with Gasteiger partial charge in [-0.25, -0.2) is 9.97 Å². The lowest BCUT2D eigenvalue weighted by atomic mass is 10.2. The van der Waals surface area contributed by atoms with Crippen LogP contribution in [0.2, 0.25) is 0 Å². The SMILES string of the molecule is CCSCC(C)Nc1nc(C)nc(NC)c1C. The second kappa shape index (κ2) is 6.69. The van der Waals surface area contributed by atoms with Crippen LogP contribution in [0.4, 0.5) is 11.6 Å². The van der Waals surface area contributed by atoms with E-state index in [0.717, 1.165) is 34.5 Å². The van der Waals surface area contributed by atoms with Crippen molar-refractivity contribution in [2.75, 3.05) is 29.2 Å². The summed E-state index contributed by atoms with van der Waals surface area (Å²) in [5, 5.41) is 6.55. The summed E-state index contributed by atoms with van der Waals surface area (Å²) in [7, 11) is 1.88. The van der Waals surface area contributed by atoms with E-state index < -0.39 is 0 Å². The number of aromatic nitrogens is 2. The molecule has 1 aromatic rings. The molecule has 0 radical (unpaired) electrons. The molecule has 0 saturated carbocycles. The van der Waals surface area contributed by atoms with Gasteiger partial charge in [0.1, 0.15) is 17.5 Å². The molecule has 1 aromatic heterocycles. The van der Waals surface area contributed by atoms with E-state index in [2.05, 4.69) is 34.4 Å².